The van der Waals surface area contributed by atoms with Crippen LogP contribution in [-0.2, 0) is 0 Å². The van der Waals surface area contributed by atoms with Crippen LogP contribution in [0.1, 0.15) is 50.1 Å². The highest BCUT2D eigenvalue weighted by molar-refractivity contribution is 6.01. The Morgan fingerprint density at radius 1 is 1.33 bits per heavy atom. The summed E-state index contributed by atoms with van der Waals surface area (Å²) in [5.74, 6) is 1.68. The summed E-state index contributed by atoms with van der Waals surface area (Å²) in [6.07, 6.45) is 3.72. The number of anilines is 1. The Morgan fingerprint density at radius 2 is 2.05 bits per heavy atom. The van der Waals surface area contributed by atoms with Gasteiger partial charge in [-0.1, -0.05) is 13.8 Å². The number of hydrogen-bond donors (Lipinski definition) is 2. The summed E-state index contributed by atoms with van der Waals surface area (Å²) < 4.78 is 0. The first kappa shape index (κ1) is 15.8. The minimum Gasteiger partial charge on any atom is -0.384 e. The molecule has 1 saturated heterocycles. The fourth-order valence-electron chi connectivity index (χ4n) is 3.42. The Labute approximate surface area is 128 Å². The Hall–Kier alpha value is -1.58. The standard InChI is InChI=1S/C17H28N4/c1-11(2)14-6-5-8-21(9-7-14)15-10-12(3)20-13(4)16(15)17(18)19/h10-11,14H,5-9H2,1-4H3,(H3,18,19). The highest BCUT2D eigenvalue weighted by Gasteiger charge is 2.22. The van der Waals surface area contributed by atoms with Crippen LogP contribution in [0.3, 0.4) is 0 Å². The van der Waals surface area contributed by atoms with E-state index in [1.165, 1.54) is 19.3 Å². The lowest BCUT2D eigenvalue weighted by molar-refractivity contribution is 0.351. The lowest BCUT2D eigenvalue weighted by atomic mass is 9.89. The molecule has 0 bridgehead atoms. The van der Waals surface area contributed by atoms with E-state index >= 15 is 0 Å². The quantitative estimate of drug-likeness (QED) is 0.663. The average Bonchev–Trinajstić information content (AvgIpc) is 2.62. The van der Waals surface area contributed by atoms with E-state index in [0.717, 1.165) is 47.6 Å². The van der Waals surface area contributed by atoms with Crippen LogP contribution in [0.5, 0.6) is 0 Å². The first-order valence-corrected chi connectivity index (χ1v) is 7.97. The molecule has 0 spiro atoms. The van der Waals surface area contributed by atoms with Gasteiger partial charge < -0.3 is 10.6 Å². The number of rotatable bonds is 3. The molecule has 1 aromatic rings. The number of aromatic nitrogens is 1. The minimum absolute atomic E-state index is 0.125. The van der Waals surface area contributed by atoms with Crippen molar-refractivity contribution >= 4 is 11.5 Å². The van der Waals surface area contributed by atoms with Crippen LogP contribution in [0.25, 0.3) is 0 Å². The van der Waals surface area contributed by atoms with E-state index in [0.29, 0.717) is 0 Å². The van der Waals surface area contributed by atoms with E-state index in [1.54, 1.807) is 0 Å². The molecular formula is C17H28N4. The van der Waals surface area contributed by atoms with Crippen molar-refractivity contribution in [3.8, 4) is 0 Å². The van der Waals surface area contributed by atoms with Gasteiger partial charge in [-0.25, -0.2) is 0 Å². The lowest BCUT2D eigenvalue weighted by Gasteiger charge is -2.27. The molecule has 1 aliphatic heterocycles. The molecule has 4 heteroatoms. The predicted octanol–water partition coefficient (Wildman–Crippen LogP) is 3.25. The number of pyridine rings is 1. The van der Waals surface area contributed by atoms with Gasteiger partial charge in [0, 0.05) is 18.8 Å². The van der Waals surface area contributed by atoms with Gasteiger partial charge in [-0.05, 0) is 51.0 Å². The second-order valence-corrected chi connectivity index (χ2v) is 6.58. The maximum Gasteiger partial charge on any atom is 0.126 e. The summed E-state index contributed by atoms with van der Waals surface area (Å²) in [7, 11) is 0. The van der Waals surface area contributed by atoms with Crippen molar-refractivity contribution in [2.75, 3.05) is 18.0 Å². The molecule has 2 rings (SSSR count). The number of nitrogen functional groups attached to an aromatic ring is 1. The predicted molar refractivity (Wildman–Crippen MR) is 89.1 cm³/mol. The highest BCUT2D eigenvalue weighted by atomic mass is 15.1. The fourth-order valence-corrected chi connectivity index (χ4v) is 3.42. The van der Waals surface area contributed by atoms with E-state index in [1.807, 2.05) is 13.8 Å². The first-order valence-electron chi connectivity index (χ1n) is 7.97. The largest absolute Gasteiger partial charge is 0.384 e. The summed E-state index contributed by atoms with van der Waals surface area (Å²) in [4.78, 5) is 6.87. The van der Waals surface area contributed by atoms with Gasteiger partial charge in [0.2, 0.25) is 0 Å². The maximum atomic E-state index is 7.88. The summed E-state index contributed by atoms with van der Waals surface area (Å²) in [5, 5.41) is 7.88. The zero-order chi connectivity index (χ0) is 15.6. The molecule has 116 valence electrons. The van der Waals surface area contributed by atoms with Crippen LogP contribution < -0.4 is 10.6 Å². The third-order valence-electron chi connectivity index (χ3n) is 4.63. The molecule has 1 aliphatic rings. The van der Waals surface area contributed by atoms with Gasteiger partial charge in [0.05, 0.1) is 16.9 Å². The van der Waals surface area contributed by atoms with E-state index in [9.17, 15) is 0 Å². The highest BCUT2D eigenvalue weighted by Crippen LogP contribution is 2.30. The Balaban J connectivity index is 2.31. The summed E-state index contributed by atoms with van der Waals surface area (Å²) in [6, 6.07) is 2.08. The number of nitrogens with one attached hydrogen (secondary N) is 1. The van der Waals surface area contributed by atoms with Crippen molar-refractivity contribution in [1.29, 1.82) is 5.41 Å². The monoisotopic (exact) mass is 288 g/mol. The minimum atomic E-state index is 0.125. The molecule has 3 N–H and O–H groups in total. The van der Waals surface area contributed by atoms with Gasteiger partial charge in [0.15, 0.2) is 0 Å². The number of nitrogens with two attached hydrogens (primary N) is 1. The van der Waals surface area contributed by atoms with Crippen molar-refractivity contribution in [3.63, 3.8) is 0 Å². The summed E-state index contributed by atoms with van der Waals surface area (Å²) in [5.41, 5.74) is 9.57. The van der Waals surface area contributed by atoms with Crippen LogP contribution in [0.4, 0.5) is 5.69 Å². The summed E-state index contributed by atoms with van der Waals surface area (Å²) >= 11 is 0. The van der Waals surface area contributed by atoms with Gasteiger partial charge in [0.25, 0.3) is 0 Å². The van der Waals surface area contributed by atoms with Crippen molar-refractivity contribution < 1.29 is 0 Å². The van der Waals surface area contributed by atoms with E-state index in [4.69, 9.17) is 11.1 Å². The van der Waals surface area contributed by atoms with Crippen LogP contribution in [0.2, 0.25) is 0 Å². The molecule has 0 aromatic carbocycles. The first-order chi connectivity index (χ1) is 9.90. The van der Waals surface area contributed by atoms with Gasteiger partial charge in [-0.15, -0.1) is 0 Å². The third kappa shape index (κ3) is 3.55. The van der Waals surface area contributed by atoms with Crippen LogP contribution in [-0.4, -0.2) is 23.9 Å². The number of amidine groups is 1. The van der Waals surface area contributed by atoms with Crippen molar-refractivity contribution in [2.24, 2.45) is 17.6 Å². The van der Waals surface area contributed by atoms with E-state index in [2.05, 4.69) is 29.8 Å². The van der Waals surface area contributed by atoms with E-state index < -0.39 is 0 Å². The number of hydrogen-bond acceptors (Lipinski definition) is 3. The normalized spacial score (nSPS) is 19.7. The van der Waals surface area contributed by atoms with Gasteiger partial charge in [0.1, 0.15) is 5.84 Å². The molecule has 0 saturated carbocycles. The zero-order valence-corrected chi connectivity index (χ0v) is 13.7. The van der Waals surface area contributed by atoms with Crippen LogP contribution >= 0.6 is 0 Å². The molecule has 0 amide bonds. The fraction of sp³-hybridized carbons (Fsp3) is 0.647. The number of aryl methyl sites for hydroxylation is 2. The van der Waals surface area contributed by atoms with E-state index in [-0.39, 0.29) is 5.84 Å². The average molecular weight is 288 g/mol. The second-order valence-electron chi connectivity index (χ2n) is 6.58. The van der Waals surface area contributed by atoms with Crippen molar-refractivity contribution in [1.82, 2.24) is 4.98 Å². The molecular weight excluding hydrogens is 260 g/mol. The molecule has 1 atom stereocenters. The second kappa shape index (κ2) is 6.46. The Kier molecular flexibility index (Phi) is 4.86. The molecule has 4 nitrogen and oxygen atoms in total. The molecule has 21 heavy (non-hydrogen) atoms. The molecule has 1 unspecified atom stereocenters. The molecule has 2 heterocycles. The third-order valence-corrected chi connectivity index (χ3v) is 4.63. The molecule has 0 aliphatic carbocycles. The van der Waals surface area contributed by atoms with Gasteiger partial charge >= 0.3 is 0 Å². The SMILES string of the molecule is Cc1cc(N2CCCC(C(C)C)CC2)c(C(=N)N)c(C)n1. The summed E-state index contributed by atoms with van der Waals surface area (Å²) in [6.45, 7) is 10.7. The zero-order valence-electron chi connectivity index (χ0n) is 13.7. The van der Waals surface area contributed by atoms with Crippen LogP contribution in [0.15, 0.2) is 6.07 Å². The maximum absolute atomic E-state index is 7.88. The number of nitrogens with zero attached hydrogens (tertiary/aromatic N) is 2. The van der Waals surface area contributed by atoms with Gasteiger partial charge in [-0.3, -0.25) is 10.4 Å². The van der Waals surface area contributed by atoms with Crippen molar-refractivity contribution in [3.05, 3.63) is 23.0 Å². The Bertz CT molecular complexity index is 522. The smallest absolute Gasteiger partial charge is 0.126 e. The van der Waals surface area contributed by atoms with Gasteiger partial charge in [-0.2, -0.15) is 0 Å². The van der Waals surface area contributed by atoms with Crippen LogP contribution in [0, 0.1) is 31.1 Å². The Morgan fingerprint density at radius 3 is 2.67 bits per heavy atom. The lowest BCUT2D eigenvalue weighted by Crippen LogP contribution is -2.29. The molecule has 1 aromatic heterocycles. The molecule has 0 radical (unpaired) electrons. The molecule has 1 fully saturated rings. The topological polar surface area (TPSA) is 66.0 Å². The van der Waals surface area contributed by atoms with Crippen molar-refractivity contribution in [2.45, 2.75) is 47.0 Å².